The van der Waals surface area contributed by atoms with Gasteiger partial charge < -0.3 is 0 Å². The van der Waals surface area contributed by atoms with E-state index in [2.05, 4.69) is 39.0 Å². The van der Waals surface area contributed by atoms with Crippen LogP contribution < -0.4 is 0 Å². The molecule has 0 aromatic rings. The highest BCUT2D eigenvalue weighted by Crippen LogP contribution is 2.19. The van der Waals surface area contributed by atoms with Crippen molar-refractivity contribution in [3.8, 4) is 0 Å². The van der Waals surface area contributed by atoms with Gasteiger partial charge in [-0.25, -0.2) is 0 Å². The van der Waals surface area contributed by atoms with Crippen LogP contribution in [0.15, 0.2) is 34.9 Å². The lowest BCUT2D eigenvalue weighted by molar-refractivity contribution is 0.951. The number of rotatable bonds is 0. The highest BCUT2D eigenvalue weighted by atomic mass is 14.1. The molecule has 0 heterocycles. The maximum Gasteiger partial charge on any atom is -0.0282 e. The standard InChI is InChI=1S/C11H16/c1-9-7-5-4-6-8-10(2)11(9)3/h4-5,7H,6,8H2,1-3H3/b5-4-,9-7-,11-10-. The van der Waals surface area contributed by atoms with Crippen LogP contribution in [0, 0.1) is 0 Å². The molecule has 1 aliphatic carbocycles. The van der Waals surface area contributed by atoms with Crippen molar-refractivity contribution >= 4 is 0 Å². The lowest BCUT2D eigenvalue weighted by atomic mass is 9.98. The molecule has 0 fully saturated rings. The number of hydrogen-bond acceptors (Lipinski definition) is 0. The first kappa shape index (κ1) is 8.32. The second-order valence-corrected chi connectivity index (χ2v) is 3.22. The van der Waals surface area contributed by atoms with E-state index in [1.54, 1.807) is 0 Å². The van der Waals surface area contributed by atoms with E-state index in [0.717, 1.165) is 0 Å². The zero-order chi connectivity index (χ0) is 8.27. The zero-order valence-corrected chi connectivity index (χ0v) is 7.65. The zero-order valence-electron chi connectivity index (χ0n) is 7.65. The SMILES string of the molecule is CC1=C/C=C\CC/C(C)=C\1C. The first-order chi connectivity index (χ1) is 5.22. The van der Waals surface area contributed by atoms with Crippen LogP contribution in [0.5, 0.6) is 0 Å². The Kier molecular flexibility index (Phi) is 2.70. The van der Waals surface area contributed by atoms with E-state index >= 15 is 0 Å². The molecule has 0 amide bonds. The molecule has 0 aromatic heterocycles. The highest BCUT2D eigenvalue weighted by Gasteiger charge is 1.99. The monoisotopic (exact) mass is 148 g/mol. The van der Waals surface area contributed by atoms with Gasteiger partial charge in [0, 0.05) is 0 Å². The van der Waals surface area contributed by atoms with Crippen LogP contribution >= 0.6 is 0 Å². The van der Waals surface area contributed by atoms with Gasteiger partial charge in [-0.3, -0.25) is 0 Å². The molecule has 0 heteroatoms. The van der Waals surface area contributed by atoms with Crippen molar-refractivity contribution in [2.45, 2.75) is 33.6 Å². The predicted molar refractivity (Wildman–Crippen MR) is 50.5 cm³/mol. The molecule has 0 radical (unpaired) electrons. The van der Waals surface area contributed by atoms with E-state index in [1.807, 2.05) is 0 Å². The normalized spacial score (nSPS) is 33.5. The molecule has 0 N–H and O–H groups in total. The molecule has 0 nitrogen and oxygen atoms in total. The Morgan fingerprint density at radius 2 is 1.91 bits per heavy atom. The molecule has 11 heavy (non-hydrogen) atoms. The summed E-state index contributed by atoms with van der Waals surface area (Å²) in [6.45, 7) is 6.61. The van der Waals surface area contributed by atoms with E-state index in [4.69, 9.17) is 0 Å². The van der Waals surface area contributed by atoms with Crippen LogP contribution in [0.4, 0.5) is 0 Å². The minimum Gasteiger partial charge on any atom is -0.0842 e. The van der Waals surface area contributed by atoms with Gasteiger partial charge in [-0.2, -0.15) is 0 Å². The summed E-state index contributed by atoms with van der Waals surface area (Å²) in [6.07, 6.45) is 8.99. The van der Waals surface area contributed by atoms with Crippen LogP contribution in [-0.4, -0.2) is 0 Å². The third kappa shape index (κ3) is 2.07. The van der Waals surface area contributed by atoms with Gasteiger partial charge in [0.25, 0.3) is 0 Å². The van der Waals surface area contributed by atoms with Gasteiger partial charge in [0.1, 0.15) is 0 Å². The fourth-order valence-corrected chi connectivity index (χ4v) is 1.26. The summed E-state index contributed by atoms with van der Waals surface area (Å²) in [7, 11) is 0. The molecule has 0 saturated heterocycles. The Morgan fingerprint density at radius 1 is 1.18 bits per heavy atom. The molecule has 0 aromatic carbocycles. The van der Waals surface area contributed by atoms with Gasteiger partial charge in [-0.15, -0.1) is 0 Å². The molecular formula is C11H16. The first-order valence-corrected chi connectivity index (χ1v) is 4.22. The first-order valence-electron chi connectivity index (χ1n) is 4.22. The molecule has 0 atom stereocenters. The fourth-order valence-electron chi connectivity index (χ4n) is 1.26. The van der Waals surface area contributed by atoms with Crippen molar-refractivity contribution < 1.29 is 0 Å². The molecule has 60 valence electrons. The quantitative estimate of drug-likeness (QED) is 0.492. The smallest absolute Gasteiger partial charge is 0.0282 e. The summed E-state index contributed by atoms with van der Waals surface area (Å²) >= 11 is 0. The van der Waals surface area contributed by atoms with Gasteiger partial charge in [0.15, 0.2) is 0 Å². The Hall–Kier alpha value is -0.780. The Morgan fingerprint density at radius 3 is 2.64 bits per heavy atom. The molecule has 1 rings (SSSR count). The van der Waals surface area contributed by atoms with Gasteiger partial charge in [0.05, 0.1) is 0 Å². The van der Waals surface area contributed by atoms with E-state index < -0.39 is 0 Å². The summed E-state index contributed by atoms with van der Waals surface area (Å²) in [5, 5.41) is 0. The molecule has 1 aliphatic rings. The third-order valence-electron chi connectivity index (χ3n) is 2.40. The second-order valence-electron chi connectivity index (χ2n) is 3.22. The maximum absolute atomic E-state index is 2.24. The van der Waals surface area contributed by atoms with Gasteiger partial charge in [-0.1, -0.05) is 23.8 Å². The molecule has 0 bridgehead atoms. The van der Waals surface area contributed by atoms with Crippen molar-refractivity contribution in [1.82, 2.24) is 0 Å². The summed E-state index contributed by atoms with van der Waals surface area (Å²) < 4.78 is 0. The topological polar surface area (TPSA) is 0 Å². The van der Waals surface area contributed by atoms with Gasteiger partial charge in [-0.05, 0) is 44.8 Å². The van der Waals surface area contributed by atoms with Crippen molar-refractivity contribution in [2.75, 3.05) is 0 Å². The van der Waals surface area contributed by atoms with Crippen molar-refractivity contribution in [1.29, 1.82) is 0 Å². The summed E-state index contributed by atoms with van der Waals surface area (Å²) in [4.78, 5) is 0. The minimum absolute atomic E-state index is 1.19. The molecular weight excluding hydrogens is 132 g/mol. The van der Waals surface area contributed by atoms with Crippen molar-refractivity contribution in [2.24, 2.45) is 0 Å². The average Bonchev–Trinajstić information content (AvgIpc) is 2.00. The van der Waals surface area contributed by atoms with Crippen LogP contribution in [-0.2, 0) is 0 Å². The van der Waals surface area contributed by atoms with Crippen molar-refractivity contribution in [3.05, 3.63) is 34.9 Å². The van der Waals surface area contributed by atoms with Crippen LogP contribution in [0.2, 0.25) is 0 Å². The predicted octanol–water partition coefficient (Wildman–Crippen LogP) is 3.62. The Balaban J connectivity index is 2.95. The lowest BCUT2D eigenvalue weighted by Crippen LogP contribution is -1.88. The lowest BCUT2D eigenvalue weighted by Gasteiger charge is -2.08. The van der Waals surface area contributed by atoms with E-state index in [0.29, 0.717) is 0 Å². The number of hydrogen-bond donors (Lipinski definition) is 0. The van der Waals surface area contributed by atoms with Crippen molar-refractivity contribution in [3.63, 3.8) is 0 Å². The molecule has 0 saturated carbocycles. The van der Waals surface area contributed by atoms with Gasteiger partial charge in [0.2, 0.25) is 0 Å². The molecule has 0 spiro atoms. The third-order valence-corrected chi connectivity index (χ3v) is 2.40. The highest BCUT2D eigenvalue weighted by molar-refractivity contribution is 5.35. The Bertz CT molecular complexity index is 226. The average molecular weight is 148 g/mol. The van der Waals surface area contributed by atoms with Crippen LogP contribution in [0.1, 0.15) is 33.6 Å². The van der Waals surface area contributed by atoms with E-state index in [-0.39, 0.29) is 0 Å². The van der Waals surface area contributed by atoms with Crippen LogP contribution in [0.25, 0.3) is 0 Å². The summed E-state index contributed by atoms with van der Waals surface area (Å²) in [5.74, 6) is 0. The van der Waals surface area contributed by atoms with Gasteiger partial charge >= 0.3 is 0 Å². The van der Waals surface area contributed by atoms with E-state index in [1.165, 1.54) is 29.6 Å². The summed E-state index contributed by atoms with van der Waals surface area (Å²) in [6, 6.07) is 0. The van der Waals surface area contributed by atoms with E-state index in [9.17, 15) is 0 Å². The fraction of sp³-hybridized carbons (Fsp3) is 0.455. The number of allylic oxidation sites excluding steroid dienone is 6. The molecule has 0 aliphatic heterocycles. The Labute approximate surface area is 69.3 Å². The largest absolute Gasteiger partial charge is 0.0842 e. The molecule has 0 unspecified atom stereocenters. The second kappa shape index (κ2) is 3.56. The summed E-state index contributed by atoms with van der Waals surface area (Å²) in [5.41, 5.74) is 4.40. The minimum atomic E-state index is 1.19. The van der Waals surface area contributed by atoms with Crippen LogP contribution in [0.3, 0.4) is 0 Å². The maximum atomic E-state index is 2.24.